The van der Waals surface area contributed by atoms with Gasteiger partial charge in [-0.1, -0.05) is 136 Å². The molecule has 0 aromatic heterocycles. The molecule has 0 bridgehead atoms. The maximum atomic E-state index is 11.1. The average molecular weight is 1160 g/mol. The lowest BCUT2D eigenvalue weighted by Gasteiger charge is -2.02. The first kappa shape index (κ1) is 74.9. The monoisotopic (exact) mass is 1160 g/mol. The number of primary sulfonamides is 4. The molecule has 0 fully saturated rings. The van der Waals surface area contributed by atoms with Gasteiger partial charge in [0.05, 0.1) is 16.0 Å². The molecule has 20 nitrogen and oxygen atoms in total. The SMILES string of the molecule is C.C.CC(N)=O.CS(N)(=O)=O.NC(=O)C(F)(F)F.NC(=O)c1ccc(-c2ccccc2)cc1.NC(=O)c1ccccc1.NS(=O)(=O)C(F)(F)F.NS(=O)(=O)c1ccc(-c2ccccc2)cc1.NS(=O)(=O)c1ccccc1. The summed E-state index contributed by atoms with van der Waals surface area (Å²) < 4.78 is 145. The van der Waals surface area contributed by atoms with Crippen molar-refractivity contribution in [3.05, 3.63) is 181 Å². The van der Waals surface area contributed by atoms with E-state index in [1.165, 1.54) is 31.2 Å². The zero-order valence-electron chi connectivity index (χ0n) is 38.6. The van der Waals surface area contributed by atoms with Crippen molar-refractivity contribution in [3.8, 4) is 22.3 Å². The lowest BCUT2D eigenvalue weighted by molar-refractivity contribution is -0.169. The number of hydrogen-bond donors (Lipinski definition) is 8. The fourth-order valence-corrected chi connectivity index (χ4v) is 5.19. The Kier molecular flexibility index (Phi) is 34.3. The molecular weight excluding hydrogens is 1100 g/mol. The molecule has 0 aliphatic rings. The third-order valence-electron chi connectivity index (χ3n) is 7.30. The van der Waals surface area contributed by atoms with Crippen LogP contribution < -0.4 is 43.5 Å². The van der Waals surface area contributed by atoms with E-state index in [1.807, 2.05) is 78.9 Å². The topological polar surface area (TPSA) is 413 Å². The van der Waals surface area contributed by atoms with Crippen LogP contribution in [0.5, 0.6) is 0 Å². The molecule has 30 heteroatoms. The number of alkyl halides is 6. The van der Waals surface area contributed by atoms with Crippen molar-refractivity contribution in [2.75, 3.05) is 6.26 Å². The molecule has 76 heavy (non-hydrogen) atoms. The van der Waals surface area contributed by atoms with E-state index in [-0.39, 0.29) is 36.5 Å². The van der Waals surface area contributed by atoms with Crippen LogP contribution in [-0.2, 0) is 49.7 Å². The van der Waals surface area contributed by atoms with Gasteiger partial charge in [0, 0.05) is 18.1 Å². The number of halogens is 6. The molecule has 0 aliphatic carbocycles. The Morgan fingerprint density at radius 1 is 0.395 bits per heavy atom. The molecule has 6 rings (SSSR count). The molecule has 0 radical (unpaired) electrons. The summed E-state index contributed by atoms with van der Waals surface area (Å²) in [6, 6.07) is 50.2. The van der Waals surface area contributed by atoms with E-state index in [0.29, 0.717) is 11.1 Å². The maximum Gasteiger partial charge on any atom is 0.511 e. The van der Waals surface area contributed by atoms with Crippen molar-refractivity contribution in [1.82, 2.24) is 0 Å². The number of nitrogens with two attached hydrogens (primary N) is 8. The second-order valence-electron chi connectivity index (χ2n) is 13.6. The molecule has 0 saturated carbocycles. The second-order valence-corrected chi connectivity index (χ2v) is 20.0. The van der Waals surface area contributed by atoms with E-state index in [0.717, 1.165) is 28.5 Å². The predicted octanol–water partition coefficient (Wildman–Crippen LogP) is 5.07. The summed E-state index contributed by atoms with van der Waals surface area (Å²) in [6.07, 6.45) is -3.92. The van der Waals surface area contributed by atoms with Crippen LogP contribution in [0.25, 0.3) is 22.3 Å². The summed E-state index contributed by atoms with van der Waals surface area (Å²) in [4.78, 5) is 39.9. The van der Waals surface area contributed by atoms with Crippen molar-refractivity contribution < 1.29 is 79.2 Å². The first-order valence-electron chi connectivity index (χ1n) is 19.4. The van der Waals surface area contributed by atoms with Crippen molar-refractivity contribution in [2.24, 2.45) is 43.5 Å². The van der Waals surface area contributed by atoms with Crippen molar-refractivity contribution in [3.63, 3.8) is 0 Å². The van der Waals surface area contributed by atoms with Gasteiger partial charge in [0.2, 0.25) is 47.8 Å². The quantitative estimate of drug-likeness (QED) is 0.101. The number of rotatable bonds is 6. The number of sulfonamides is 4. The fraction of sp³-hybridized carbons (Fsp3) is 0.130. The van der Waals surface area contributed by atoms with Gasteiger partial charge in [-0.15, -0.1) is 0 Å². The molecule has 0 atom stereocenters. The summed E-state index contributed by atoms with van der Waals surface area (Å²) >= 11 is 0. The van der Waals surface area contributed by atoms with Gasteiger partial charge in [-0.25, -0.2) is 54.2 Å². The Morgan fingerprint density at radius 2 is 0.592 bits per heavy atom. The van der Waals surface area contributed by atoms with Crippen molar-refractivity contribution in [1.29, 1.82) is 0 Å². The summed E-state index contributed by atoms with van der Waals surface area (Å²) in [7, 11) is -15.6. The van der Waals surface area contributed by atoms with E-state index < -0.39 is 63.6 Å². The van der Waals surface area contributed by atoms with E-state index in [2.05, 4.69) is 21.7 Å². The summed E-state index contributed by atoms with van der Waals surface area (Å²) in [5, 5.41) is 17.8. The summed E-state index contributed by atoms with van der Waals surface area (Å²) in [5.41, 5.74) is 18.4. The molecule has 0 saturated heterocycles. The number of amides is 4. The Labute approximate surface area is 437 Å². The first-order valence-corrected chi connectivity index (χ1v) is 26.0. The van der Waals surface area contributed by atoms with E-state index in [1.54, 1.807) is 66.7 Å². The summed E-state index contributed by atoms with van der Waals surface area (Å²) in [5.74, 6) is -3.36. The maximum absolute atomic E-state index is 11.1. The number of carbonyl (C=O) groups is 4. The number of benzene rings is 6. The van der Waals surface area contributed by atoms with Crippen LogP contribution in [0, 0.1) is 0 Å². The van der Waals surface area contributed by atoms with Gasteiger partial charge in [0.1, 0.15) is 0 Å². The normalized spacial score (nSPS) is 10.5. The molecule has 4 amide bonds. The molecule has 6 aromatic rings. The van der Waals surface area contributed by atoms with Gasteiger partial charge in [-0.05, 0) is 70.8 Å². The largest absolute Gasteiger partial charge is 0.511 e. The van der Waals surface area contributed by atoms with Crippen LogP contribution in [0.15, 0.2) is 180 Å². The van der Waals surface area contributed by atoms with Gasteiger partial charge in [-0.3, -0.25) is 19.2 Å². The van der Waals surface area contributed by atoms with Crippen LogP contribution in [0.1, 0.15) is 42.5 Å². The summed E-state index contributed by atoms with van der Waals surface area (Å²) in [6.45, 7) is 1.31. The van der Waals surface area contributed by atoms with Gasteiger partial charge in [0.15, 0.2) is 0 Å². The minimum Gasteiger partial charge on any atom is -0.370 e. The Morgan fingerprint density at radius 3 is 0.789 bits per heavy atom. The molecule has 0 spiro atoms. The van der Waals surface area contributed by atoms with E-state index >= 15 is 0 Å². The van der Waals surface area contributed by atoms with Crippen LogP contribution in [0.3, 0.4) is 0 Å². The Bertz CT molecular complexity index is 3120. The first-order chi connectivity index (χ1) is 33.7. The average Bonchev–Trinajstić information content (AvgIpc) is 3.29. The van der Waals surface area contributed by atoms with Crippen LogP contribution >= 0.6 is 0 Å². The van der Waals surface area contributed by atoms with Crippen molar-refractivity contribution >= 4 is 63.7 Å². The minimum absolute atomic E-state index is 0. The number of primary amides is 4. The van der Waals surface area contributed by atoms with E-state index in [9.17, 15) is 74.4 Å². The molecule has 420 valence electrons. The molecule has 16 N–H and O–H groups in total. The third-order valence-corrected chi connectivity index (χ3v) is 9.80. The van der Waals surface area contributed by atoms with Gasteiger partial charge in [0.25, 0.3) is 0 Å². The van der Waals surface area contributed by atoms with Gasteiger partial charge < -0.3 is 22.9 Å². The third kappa shape index (κ3) is 37.2. The van der Waals surface area contributed by atoms with Crippen LogP contribution in [0.2, 0.25) is 0 Å². The number of carbonyl (C=O) groups excluding carboxylic acids is 4. The highest BCUT2D eigenvalue weighted by Gasteiger charge is 2.42. The molecule has 0 unspecified atom stereocenters. The molecule has 0 heterocycles. The minimum atomic E-state index is -5.34. The molecule has 6 aromatic carbocycles. The van der Waals surface area contributed by atoms with Crippen LogP contribution in [0.4, 0.5) is 26.3 Å². The zero-order valence-corrected chi connectivity index (χ0v) is 41.9. The molecular formula is C46H58F6N8O12S4. The smallest absolute Gasteiger partial charge is 0.370 e. The molecule has 0 aliphatic heterocycles. The Hall–Kier alpha value is -7.58. The van der Waals surface area contributed by atoms with Crippen molar-refractivity contribution in [2.45, 2.75) is 43.3 Å². The lowest BCUT2D eigenvalue weighted by atomic mass is 10.0. The second kappa shape index (κ2) is 34.8. The Balaban J connectivity index is -0.000000403. The lowest BCUT2D eigenvalue weighted by Crippen LogP contribution is -2.30. The standard InChI is InChI=1S/C13H11NO.C12H11NO2S.C7H7NO.C6H7NO2S.C2H2F3NO.C2H5NO.CH2F3NO2S.CH5NO2S.2CH4/c14-13(15)12-8-6-11(7-9-12)10-4-2-1-3-5-10;13-16(14,15)12-8-6-11(7-9-12)10-4-2-1-3-5-10;8-7(9)6-4-2-1-3-5-6;7-10(8,9)6-4-2-1-3-5-6;3-2(4,5)1(6)7;1-2(3)4;2-1(3,4)8(5,6)7;1-5(2,3)4;;/h1-9H,(H2,14,15);1-9H,(H2,13,14,15);1-5H,(H2,8,9);1-5H,(H2,7,8,9);(H2,6,7);1H3,(H2,3,4);(H2,5,6,7);1H3,(H2,2,3,4);2*1H4. The highest BCUT2D eigenvalue weighted by atomic mass is 32.2. The van der Waals surface area contributed by atoms with E-state index in [4.69, 9.17) is 26.5 Å². The fourth-order valence-electron chi connectivity index (χ4n) is 4.14. The van der Waals surface area contributed by atoms with Crippen LogP contribution in [-0.4, -0.2) is 75.2 Å². The zero-order chi connectivity index (χ0) is 57.7. The predicted molar refractivity (Wildman–Crippen MR) is 278 cm³/mol. The van der Waals surface area contributed by atoms with Gasteiger partial charge in [-0.2, -0.15) is 26.3 Å². The highest BCUT2D eigenvalue weighted by molar-refractivity contribution is 7.90. The van der Waals surface area contributed by atoms with Gasteiger partial charge >= 0.3 is 27.6 Å². The number of hydrogen-bond acceptors (Lipinski definition) is 12. The highest BCUT2D eigenvalue weighted by Crippen LogP contribution is 2.21.